The summed E-state index contributed by atoms with van der Waals surface area (Å²) in [6, 6.07) is -0.132. The van der Waals surface area contributed by atoms with Gasteiger partial charge in [0.25, 0.3) is 0 Å². The molecule has 0 aliphatic carbocycles. The molecule has 0 spiro atoms. The SMILES string of the molecule is O=C(O)CC1(F)CCCN2CCCC21. The van der Waals surface area contributed by atoms with Gasteiger partial charge in [-0.15, -0.1) is 0 Å². The normalized spacial score (nSPS) is 38.2. The van der Waals surface area contributed by atoms with Crippen LogP contribution in [0.15, 0.2) is 0 Å². The maximum absolute atomic E-state index is 14.4. The molecule has 2 unspecified atom stereocenters. The van der Waals surface area contributed by atoms with Gasteiger partial charge in [-0.25, -0.2) is 4.39 Å². The van der Waals surface area contributed by atoms with Crippen LogP contribution < -0.4 is 0 Å². The molecule has 0 aromatic heterocycles. The molecule has 1 N–H and O–H groups in total. The molecule has 3 nitrogen and oxygen atoms in total. The van der Waals surface area contributed by atoms with Crippen molar-refractivity contribution in [3.63, 3.8) is 0 Å². The maximum Gasteiger partial charge on any atom is 0.306 e. The Morgan fingerprint density at radius 2 is 2.21 bits per heavy atom. The van der Waals surface area contributed by atoms with Crippen LogP contribution in [0.25, 0.3) is 0 Å². The molecule has 80 valence electrons. The fourth-order valence-electron chi connectivity index (χ4n) is 2.88. The highest BCUT2D eigenvalue weighted by Gasteiger charge is 2.48. The van der Waals surface area contributed by atoms with E-state index < -0.39 is 11.6 Å². The van der Waals surface area contributed by atoms with E-state index in [-0.39, 0.29) is 12.5 Å². The highest BCUT2D eigenvalue weighted by atomic mass is 19.1. The number of fused-ring (bicyclic) bond motifs is 1. The van der Waals surface area contributed by atoms with Gasteiger partial charge in [0.1, 0.15) is 5.67 Å². The van der Waals surface area contributed by atoms with E-state index in [1.54, 1.807) is 0 Å². The largest absolute Gasteiger partial charge is 0.481 e. The summed E-state index contributed by atoms with van der Waals surface area (Å²) in [7, 11) is 0. The van der Waals surface area contributed by atoms with E-state index in [1.807, 2.05) is 0 Å². The van der Waals surface area contributed by atoms with Crippen LogP contribution in [-0.2, 0) is 4.79 Å². The van der Waals surface area contributed by atoms with Gasteiger partial charge in [-0.3, -0.25) is 9.69 Å². The number of carboxylic acid groups (broad SMARTS) is 1. The Morgan fingerprint density at radius 3 is 2.93 bits per heavy atom. The second-order valence-electron chi connectivity index (χ2n) is 4.40. The Hall–Kier alpha value is -0.640. The Kier molecular flexibility index (Phi) is 2.47. The topological polar surface area (TPSA) is 40.5 Å². The third-order valence-corrected chi connectivity index (χ3v) is 3.44. The fourth-order valence-corrected chi connectivity index (χ4v) is 2.88. The Labute approximate surface area is 82.9 Å². The number of rotatable bonds is 2. The van der Waals surface area contributed by atoms with Crippen LogP contribution in [0.3, 0.4) is 0 Å². The molecule has 0 saturated carbocycles. The predicted molar refractivity (Wildman–Crippen MR) is 49.9 cm³/mol. The molecule has 2 heterocycles. The minimum atomic E-state index is -1.47. The average Bonchev–Trinajstić information content (AvgIpc) is 2.51. The van der Waals surface area contributed by atoms with Crippen molar-refractivity contribution in [1.82, 2.24) is 4.90 Å². The minimum Gasteiger partial charge on any atom is -0.481 e. The number of piperidine rings is 1. The van der Waals surface area contributed by atoms with E-state index in [0.29, 0.717) is 6.42 Å². The maximum atomic E-state index is 14.4. The van der Waals surface area contributed by atoms with E-state index in [1.165, 1.54) is 0 Å². The summed E-state index contributed by atoms with van der Waals surface area (Å²) < 4.78 is 14.4. The molecule has 2 atom stereocenters. The van der Waals surface area contributed by atoms with Crippen LogP contribution in [0.1, 0.15) is 32.1 Å². The van der Waals surface area contributed by atoms with E-state index in [2.05, 4.69) is 4.90 Å². The van der Waals surface area contributed by atoms with E-state index >= 15 is 0 Å². The molecule has 0 aromatic rings. The zero-order chi connectivity index (χ0) is 10.2. The fraction of sp³-hybridized carbons (Fsp3) is 0.900. The van der Waals surface area contributed by atoms with Crippen LogP contribution in [0.2, 0.25) is 0 Å². The summed E-state index contributed by atoms with van der Waals surface area (Å²) >= 11 is 0. The number of carboxylic acids is 1. The lowest BCUT2D eigenvalue weighted by molar-refractivity contribution is -0.142. The lowest BCUT2D eigenvalue weighted by Gasteiger charge is -2.40. The molecule has 0 aromatic carbocycles. The first-order chi connectivity index (χ1) is 6.62. The number of carbonyl (C=O) groups is 1. The van der Waals surface area contributed by atoms with Crippen molar-refractivity contribution in [2.24, 2.45) is 0 Å². The summed E-state index contributed by atoms with van der Waals surface area (Å²) in [5, 5.41) is 8.69. The van der Waals surface area contributed by atoms with Crippen molar-refractivity contribution in [2.75, 3.05) is 13.1 Å². The molecule has 0 bridgehead atoms. The Balaban J connectivity index is 2.11. The Morgan fingerprint density at radius 1 is 1.50 bits per heavy atom. The van der Waals surface area contributed by atoms with Crippen LogP contribution in [0.5, 0.6) is 0 Å². The molecule has 2 fully saturated rings. The van der Waals surface area contributed by atoms with Gasteiger partial charge in [0, 0.05) is 6.04 Å². The molecule has 4 heteroatoms. The molecule has 0 amide bonds. The van der Waals surface area contributed by atoms with Gasteiger partial charge in [0.15, 0.2) is 0 Å². The number of hydrogen-bond acceptors (Lipinski definition) is 2. The summed E-state index contributed by atoms with van der Waals surface area (Å²) in [4.78, 5) is 12.7. The van der Waals surface area contributed by atoms with Gasteiger partial charge in [0.2, 0.25) is 0 Å². The van der Waals surface area contributed by atoms with Crippen LogP contribution in [0.4, 0.5) is 4.39 Å². The van der Waals surface area contributed by atoms with E-state index in [4.69, 9.17) is 5.11 Å². The predicted octanol–water partition coefficient (Wildman–Crippen LogP) is 1.43. The monoisotopic (exact) mass is 201 g/mol. The van der Waals surface area contributed by atoms with Gasteiger partial charge in [-0.1, -0.05) is 0 Å². The summed E-state index contributed by atoms with van der Waals surface area (Å²) in [6.45, 7) is 1.88. The van der Waals surface area contributed by atoms with Gasteiger partial charge in [-0.2, -0.15) is 0 Å². The molecule has 2 rings (SSSR count). The summed E-state index contributed by atoms with van der Waals surface area (Å²) in [5.74, 6) is -1.01. The van der Waals surface area contributed by atoms with Gasteiger partial charge < -0.3 is 5.11 Å². The number of alkyl halides is 1. The summed E-state index contributed by atoms with van der Waals surface area (Å²) in [6.07, 6.45) is 2.72. The van der Waals surface area contributed by atoms with Crippen molar-refractivity contribution >= 4 is 5.97 Å². The van der Waals surface area contributed by atoms with E-state index in [0.717, 1.165) is 32.4 Å². The van der Waals surface area contributed by atoms with E-state index in [9.17, 15) is 9.18 Å². The van der Waals surface area contributed by atoms with Crippen molar-refractivity contribution in [3.8, 4) is 0 Å². The van der Waals surface area contributed by atoms with Crippen LogP contribution in [0, 0.1) is 0 Å². The molecule has 0 radical (unpaired) electrons. The second-order valence-corrected chi connectivity index (χ2v) is 4.40. The first-order valence-corrected chi connectivity index (χ1v) is 5.26. The standard InChI is InChI=1S/C10H16FNO2/c11-10(7-9(13)14)4-2-6-12-5-1-3-8(10)12/h8H,1-7H2,(H,13,14). The van der Waals surface area contributed by atoms with Gasteiger partial charge in [-0.05, 0) is 38.8 Å². The first kappa shape index (κ1) is 9.90. The quantitative estimate of drug-likeness (QED) is 0.734. The number of halogens is 1. The third kappa shape index (κ3) is 1.63. The van der Waals surface area contributed by atoms with Crippen molar-refractivity contribution in [2.45, 2.75) is 43.8 Å². The number of hydrogen-bond donors (Lipinski definition) is 1. The number of aliphatic carboxylic acids is 1. The summed E-state index contributed by atoms with van der Waals surface area (Å²) in [5.41, 5.74) is -1.47. The zero-order valence-electron chi connectivity index (χ0n) is 8.21. The zero-order valence-corrected chi connectivity index (χ0v) is 8.21. The second kappa shape index (κ2) is 3.50. The molecule has 14 heavy (non-hydrogen) atoms. The third-order valence-electron chi connectivity index (χ3n) is 3.44. The molecular formula is C10H16FNO2. The van der Waals surface area contributed by atoms with Crippen molar-refractivity contribution in [3.05, 3.63) is 0 Å². The molecule has 2 aliphatic heterocycles. The lowest BCUT2D eigenvalue weighted by Crippen LogP contribution is -2.52. The smallest absolute Gasteiger partial charge is 0.306 e. The van der Waals surface area contributed by atoms with Crippen molar-refractivity contribution in [1.29, 1.82) is 0 Å². The average molecular weight is 201 g/mol. The van der Waals surface area contributed by atoms with Crippen LogP contribution in [-0.4, -0.2) is 40.8 Å². The highest BCUT2D eigenvalue weighted by molar-refractivity contribution is 5.68. The number of nitrogens with zero attached hydrogens (tertiary/aromatic N) is 1. The highest BCUT2D eigenvalue weighted by Crippen LogP contribution is 2.39. The van der Waals surface area contributed by atoms with Gasteiger partial charge in [0.05, 0.1) is 6.42 Å². The molecule has 2 aliphatic rings. The minimum absolute atomic E-state index is 0.132. The Bertz CT molecular complexity index is 246. The molecular weight excluding hydrogens is 185 g/mol. The van der Waals surface area contributed by atoms with Crippen molar-refractivity contribution < 1.29 is 14.3 Å². The van der Waals surface area contributed by atoms with Crippen LogP contribution >= 0.6 is 0 Å². The van der Waals surface area contributed by atoms with Gasteiger partial charge >= 0.3 is 5.97 Å². The molecule has 2 saturated heterocycles. The first-order valence-electron chi connectivity index (χ1n) is 5.26. The lowest BCUT2D eigenvalue weighted by atomic mass is 9.83.